The summed E-state index contributed by atoms with van der Waals surface area (Å²) in [7, 11) is 1.51. The van der Waals surface area contributed by atoms with Crippen molar-refractivity contribution in [3.8, 4) is 57.1 Å². The molecule has 7 aliphatic rings. The standard InChI is InChI=1S/C73H86Cl2N6O23/c1-29(2)14-44(78-7)71(98)80-60-48(87)18-36(22-55(76)89)69(96)79-59-35-19-52(66(53(20-35)102-51-13-10-34(62(60)91)17-43(51)75)103-54-21-37(27-82)63(92)65(94)67(54)104-56-26-73(6,77)68(95)31(5)100-56)101-50-12-9-33(16-42(50)74)61(90)41-25-46(85)38(23-49(59)88)32-8-11-45(84)39(15-32)58-40(72(99-28-83)81-70(41)97)24-47(86)57(30(3)4)64(58)93/h8-13,15-17,19-20,24,28-31,36-38,41,44,54,56,59-63,65,67-68,72,78,82,84,86,90-95H,14,18,21-23,25-27,77H2,1-7H3,(H2,76,89)(H,79,96)(H,80,98)(H,81,97)/t31-,36+,37+,38-,41+,44-,54?,56-,59-,60?,61-,62-,63-,65+,67-,68-,72+,73+/m1/s1. The second kappa shape index (κ2) is 32.0. The maximum Gasteiger partial charge on any atom is 0.295 e. The van der Waals surface area contributed by atoms with E-state index in [1.165, 1.54) is 74.6 Å². The molecule has 29 nitrogen and oxygen atoms in total. The molecule has 2 fully saturated rings. The second-order valence-corrected chi connectivity index (χ2v) is 29.1. The van der Waals surface area contributed by atoms with Crippen molar-refractivity contribution < 1.29 is 113 Å². The van der Waals surface area contributed by atoms with E-state index < -0.39 is 222 Å². The van der Waals surface area contributed by atoms with E-state index in [1.54, 1.807) is 20.8 Å². The molecular weight excluding hydrogens is 1400 g/mol. The van der Waals surface area contributed by atoms with Crippen LogP contribution in [0.5, 0.6) is 46.0 Å². The highest BCUT2D eigenvalue weighted by atomic mass is 35.5. The molecule has 11 bridgehead atoms. The molecule has 18 atom stereocenters. The first-order valence-electron chi connectivity index (χ1n) is 34.0. The number of ketones is 3. The van der Waals surface area contributed by atoms with Crippen LogP contribution in [0.15, 0.2) is 72.8 Å². The fourth-order valence-electron chi connectivity index (χ4n) is 14.3. The third-order valence-electron chi connectivity index (χ3n) is 19.9. The van der Waals surface area contributed by atoms with Crippen LogP contribution in [0.4, 0.5) is 0 Å². The smallest absolute Gasteiger partial charge is 0.295 e. The Labute approximate surface area is 607 Å². The van der Waals surface area contributed by atoms with E-state index in [0.717, 1.165) is 12.1 Å². The molecule has 5 aromatic rings. The zero-order valence-electron chi connectivity index (χ0n) is 57.8. The van der Waals surface area contributed by atoms with Gasteiger partial charge in [-0.05, 0) is 122 Å². The number of Topliss-reactive ketones (excluding diaryl/α,β-unsaturated/α-hetero) is 3. The summed E-state index contributed by atoms with van der Waals surface area (Å²) in [4.78, 5) is 118. The lowest BCUT2D eigenvalue weighted by Crippen LogP contribution is -2.63. The highest BCUT2D eigenvalue weighted by Gasteiger charge is 2.51. The highest BCUT2D eigenvalue weighted by molar-refractivity contribution is 6.32. The van der Waals surface area contributed by atoms with Gasteiger partial charge in [0.1, 0.15) is 71.0 Å². The molecule has 5 aromatic carbocycles. The van der Waals surface area contributed by atoms with Crippen LogP contribution in [-0.2, 0) is 52.6 Å². The van der Waals surface area contributed by atoms with Gasteiger partial charge in [-0.3, -0.25) is 38.4 Å². The predicted molar refractivity (Wildman–Crippen MR) is 370 cm³/mol. The number of aromatic hydroxyl groups is 3. The number of ether oxygens (including phenoxy) is 6. The Balaban J connectivity index is 1.25. The van der Waals surface area contributed by atoms with Crippen molar-refractivity contribution >= 4 is 70.7 Å². The van der Waals surface area contributed by atoms with Crippen LogP contribution in [0.25, 0.3) is 11.1 Å². The number of hydrogen-bond acceptors (Lipinski definition) is 25. The topological polar surface area (TPSA) is 474 Å². The van der Waals surface area contributed by atoms with Crippen molar-refractivity contribution in [1.82, 2.24) is 21.3 Å². The Hall–Kier alpha value is -8.56. The molecule has 12 rings (SSSR count). The number of aliphatic hydroxyl groups excluding tert-OH is 6. The number of likely N-dealkylation sites (N-methyl/N-ethyl adjacent to an activating group) is 1. The summed E-state index contributed by atoms with van der Waals surface area (Å²) in [6.45, 7) is 9.25. The Morgan fingerprint density at radius 1 is 0.769 bits per heavy atom. The zero-order valence-corrected chi connectivity index (χ0v) is 59.3. The number of phenols is 3. The van der Waals surface area contributed by atoms with Crippen LogP contribution < -0.4 is 46.9 Å². The molecule has 4 amide bonds. The lowest BCUT2D eigenvalue weighted by molar-refractivity contribution is -0.286. The Bertz CT molecular complexity index is 4140. The minimum atomic E-state index is -2.12. The maximum atomic E-state index is 16.3. The first-order chi connectivity index (χ1) is 49.1. The van der Waals surface area contributed by atoms with Gasteiger partial charge in [0.15, 0.2) is 29.4 Å². The third kappa shape index (κ3) is 16.4. The van der Waals surface area contributed by atoms with E-state index in [2.05, 4.69) is 21.3 Å². The quantitative estimate of drug-likeness (QED) is 0.0613. The van der Waals surface area contributed by atoms with Gasteiger partial charge in [0, 0.05) is 78.3 Å². The normalized spacial score (nSPS) is 29.2. The lowest BCUT2D eigenvalue weighted by Gasteiger charge is -2.47. The summed E-state index contributed by atoms with van der Waals surface area (Å²) in [6.07, 6.45) is -20.1. The van der Waals surface area contributed by atoms with Gasteiger partial charge in [0.05, 0.1) is 52.3 Å². The van der Waals surface area contributed by atoms with E-state index in [4.69, 9.17) is 63.1 Å². The lowest BCUT2D eigenvalue weighted by atomic mass is 9.79. The molecule has 1 saturated carbocycles. The third-order valence-corrected chi connectivity index (χ3v) is 20.5. The highest BCUT2D eigenvalue weighted by Crippen LogP contribution is 2.52. The van der Waals surface area contributed by atoms with Gasteiger partial charge in [0.2, 0.25) is 35.6 Å². The molecule has 0 aromatic heterocycles. The van der Waals surface area contributed by atoms with Crippen molar-refractivity contribution in [1.29, 1.82) is 0 Å². The molecule has 1 saturated heterocycles. The number of benzene rings is 5. The first kappa shape index (κ1) is 78.0. The van der Waals surface area contributed by atoms with E-state index in [0.29, 0.717) is 0 Å². The summed E-state index contributed by atoms with van der Waals surface area (Å²) in [6, 6.07) is 9.54. The van der Waals surface area contributed by atoms with Crippen LogP contribution in [0.3, 0.4) is 0 Å². The molecule has 1 aliphatic carbocycles. The van der Waals surface area contributed by atoms with Crippen LogP contribution in [0.2, 0.25) is 10.0 Å². The second-order valence-electron chi connectivity index (χ2n) is 28.3. The van der Waals surface area contributed by atoms with Crippen LogP contribution in [-0.4, -0.2) is 168 Å². The zero-order chi connectivity index (χ0) is 75.8. The average Bonchev–Trinajstić information content (AvgIpc) is 0.770. The van der Waals surface area contributed by atoms with Crippen molar-refractivity contribution in [2.45, 2.75) is 183 Å². The minimum Gasteiger partial charge on any atom is -0.508 e. The summed E-state index contributed by atoms with van der Waals surface area (Å²) in [5, 5.41) is 116. The van der Waals surface area contributed by atoms with Gasteiger partial charge in [-0.1, -0.05) is 69.1 Å². The van der Waals surface area contributed by atoms with Crippen molar-refractivity contribution in [2.24, 2.45) is 35.1 Å². The summed E-state index contributed by atoms with van der Waals surface area (Å²) < 4.78 is 38.4. The van der Waals surface area contributed by atoms with Crippen LogP contribution >= 0.6 is 23.2 Å². The molecular formula is C73H86Cl2N6O23. The predicted octanol–water partition coefficient (Wildman–Crippen LogP) is 5.01. The molecule has 6 aliphatic heterocycles. The number of phenolic OH excluding ortho intramolecular Hbond substituents is 3. The number of hydrogen-bond donors (Lipinski definition) is 15. The number of halogens is 2. The SMILES string of the molecule is CN[C@H](CC(C)C)C(=O)NC1C(=O)C[C@@H](CC(N)=O)C(=O)N[C@H]2C(=O)C[C@H]3C(=O)C[C@H](C(=O)N[C@@H](OC=O)c4cc(O)c(C(C)C)c(O)c4-c4cc3ccc4O)[C@H](O)c3ccc(c(Cl)c3)Oc3cc2cc(c3OC2C[C@@H](CO)[C@@H](O)[C@H](O)[C@@H]2O[C@@H]2C[C@](C)(N)[C@H](O)[C@@H](C)O2)Oc2ccc(cc2Cl)[C@H]1O. The number of aliphatic hydroxyl groups is 6. The number of nitrogens with two attached hydrogens (primary N) is 2. The molecule has 0 radical (unpaired) electrons. The fourth-order valence-corrected chi connectivity index (χ4v) is 14.8. The molecule has 2 unspecified atom stereocenters. The van der Waals surface area contributed by atoms with Crippen molar-refractivity contribution in [2.75, 3.05) is 13.7 Å². The van der Waals surface area contributed by atoms with Gasteiger partial charge in [0.25, 0.3) is 6.47 Å². The molecule has 17 N–H and O–H groups in total. The largest absolute Gasteiger partial charge is 0.508 e. The number of primary amides is 1. The van der Waals surface area contributed by atoms with Crippen molar-refractivity contribution in [3.05, 3.63) is 116 Å². The number of rotatable bonds is 15. The van der Waals surface area contributed by atoms with E-state index in [-0.39, 0.29) is 97.7 Å². The Kier molecular flexibility index (Phi) is 24.0. The molecule has 6 heterocycles. The number of amides is 4. The van der Waals surface area contributed by atoms with Crippen LogP contribution in [0, 0.1) is 23.7 Å². The maximum absolute atomic E-state index is 16.3. The molecule has 31 heteroatoms. The fraction of sp³-hybridized carbons (Fsp3) is 0.479. The number of carbonyl (C=O) groups is 8. The summed E-state index contributed by atoms with van der Waals surface area (Å²) in [5.74, 6) is -18.5. The monoisotopic (exact) mass is 1480 g/mol. The van der Waals surface area contributed by atoms with E-state index in [1.807, 2.05) is 13.8 Å². The van der Waals surface area contributed by atoms with Gasteiger partial charge < -0.3 is 107 Å². The summed E-state index contributed by atoms with van der Waals surface area (Å²) >= 11 is 14.3. The number of fused-ring (bicyclic) bond motifs is 15. The summed E-state index contributed by atoms with van der Waals surface area (Å²) in [5.41, 5.74) is 9.42. The average molecular weight is 1490 g/mol. The first-order valence-corrected chi connectivity index (χ1v) is 34.7. The Morgan fingerprint density at radius 3 is 1.98 bits per heavy atom. The molecule has 104 heavy (non-hydrogen) atoms. The van der Waals surface area contributed by atoms with Crippen LogP contribution in [0.1, 0.15) is 156 Å². The number of carbonyl (C=O) groups excluding carboxylic acids is 8. The van der Waals surface area contributed by atoms with Gasteiger partial charge in [-0.2, -0.15) is 0 Å². The number of nitrogens with one attached hydrogen (secondary N) is 4. The van der Waals surface area contributed by atoms with Gasteiger partial charge in [-0.15, -0.1) is 0 Å². The van der Waals surface area contributed by atoms with Gasteiger partial charge >= 0.3 is 0 Å². The van der Waals surface area contributed by atoms with Crippen molar-refractivity contribution in [3.63, 3.8) is 0 Å². The molecule has 560 valence electrons. The van der Waals surface area contributed by atoms with E-state index in [9.17, 15) is 60.3 Å². The minimum absolute atomic E-state index is 0.0540. The Morgan fingerprint density at radius 2 is 1.40 bits per heavy atom. The van der Waals surface area contributed by atoms with Gasteiger partial charge in [-0.25, -0.2) is 0 Å². The van der Waals surface area contributed by atoms with E-state index >= 15 is 24.0 Å². The molecule has 0 spiro atoms.